The van der Waals surface area contributed by atoms with Crippen molar-refractivity contribution < 1.29 is 9.84 Å². The number of ether oxygens (including phenoxy) is 1. The zero-order valence-corrected chi connectivity index (χ0v) is 9.14. The van der Waals surface area contributed by atoms with Crippen molar-refractivity contribution in [3.63, 3.8) is 0 Å². The molecule has 1 aromatic heterocycles. The smallest absolute Gasteiger partial charge is 0.0928 e. The lowest BCUT2D eigenvalue weighted by molar-refractivity contribution is -0.0859. The van der Waals surface area contributed by atoms with E-state index in [1.54, 1.807) is 11.3 Å². The van der Waals surface area contributed by atoms with Crippen LogP contribution in [0.4, 0.5) is 0 Å². The summed E-state index contributed by atoms with van der Waals surface area (Å²) in [5.41, 5.74) is 0.822. The van der Waals surface area contributed by atoms with Crippen LogP contribution >= 0.6 is 11.3 Å². The van der Waals surface area contributed by atoms with Gasteiger partial charge >= 0.3 is 0 Å². The molecule has 78 valence electrons. The number of aliphatic hydroxyl groups excluding tert-OH is 1. The van der Waals surface area contributed by atoms with Gasteiger partial charge in [0.25, 0.3) is 0 Å². The minimum atomic E-state index is -0.192. The van der Waals surface area contributed by atoms with E-state index in [9.17, 15) is 5.11 Å². The number of hydrogen-bond acceptors (Lipinski definition) is 4. The van der Waals surface area contributed by atoms with Crippen LogP contribution in [0.2, 0.25) is 0 Å². The molecule has 1 fully saturated rings. The number of nitrogens with zero attached hydrogens (tertiary/aromatic N) is 1. The molecule has 0 unspecified atom stereocenters. The van der Waals surface area contributed by atoms with Crippen molar-refractivity contribution in [1.29, 1.82) is 0 Å². The van der Waals surface area contributed by atoms with Gasteiger partial charge in [-0.3, -0.25) is 0 Å². The van der Waals surface area contributed by atoms with Crippen molar-refractivity contribution in [2.75, 3.05) is 19.8 Å². The lowest BCUT2D eigenvalue weighted by atomic mass is 9.84. The van der Waals surface area contributed by atoms with Gasteiger partial charge in [-0.05, 0) is 12.8 Å². The van der Waals surface area contributed by atoms with Crippen LogP contribution in [-0.4, -0.2) is 29.9 Å². The van der Waals surface area contributed by atoms with E-state index < -0.39 is 0 Å². The second kappa shape index (κ2) is 3.96. The summed E-state index contributed by atoms with van der Waals surface area (Å²) < 4.78 is 5.16. The molecule has 1 aromatic rings. The predicted octanol–water partition coefficient (Wildman–Crippen LogP) is 1.36. The maximum atomic E-state index is 9.31. The van der Waals surface area contributed by atoms with Crippen LogP contribution in [0, 0.1) is 0 Å². The monoisotopic (exact) mass is 213 g/mol. The van der Waals surface area contributed by atoms with Gasteiger partial charge in [-0.25, -0.2) is 4.98 Å². The summed E-state index contributed by atoms with van der Waals surface area (Å²) in [6, 6.07) is 0. The number of rotatable bonds is 4. The van der Waals surface area contributed by atoms with Crippen LogP contribution in [-0.2, 0) is 16.6 Å². The summed E-state index contributed by atoms with van der Waals surface area (Å²) in [5, 5.41) is 12.5. The van der Waals surface area contributed by atoms with Crippen LogP contribution in [0.3, 0.4) is 0 Å². The maximum Gasteiger partial charge on any atom is 0.0928 e. The Bertz CT molecular complexity index is 301. The average molecular weight is 213 g/mol. The van der Waals surface area contributed by atoms with Crippen LogP contribution in [0.25, 0.3) is 0 Å². The fraction of sp³-hybridized carbons (Fsp3) is 0.700. The van der Waals surface area contributed by atoms with Crippen molar-refractivity contribution in [2.24, 2.45) is 0 Å². The van der Waals surface area contributed by atoms with Gasteiger partial charge in [0.1, 0.15) is 0 Å². The van der Waals surface area contributed by atoms with E-state index in [0.29, 0.717) is 13.2 Å². The Morgan fingerprint density at radius 3 is 2.93 bits per heavy atom. The molecule has 0 bridgehead atoms. The first-order chi connectivity index (χ1) is 6.80. The second-order valence-electron chi connectivity index (χ2n) is 3.81. The second-order valence-corrected chi connectivity index (χ2v) is 4.75. The third-order valence-electron chi connectivity index (χ3n) is 2.62. The Morgan fingerprint density at radius 1 is 1.64 bits per heavy atom. The molecule has 1 aliphatic rings. The fourth-order valence-electron chi connectivity index (χ4n) is 1.55. The molecule has 1 saturated heterocycles. The van der Waals surface area contributed by atoms with Crippen LogP contribution in [0.5, 0.6) is 0 Å². The first-order valence-electron chi connectivity index (χ1n) is 4.94. The predicted molar refractivity (Wildman–Crippen MR) is 55.7 cm³/mol. The zero-order chi connectivity index (χ0) is 10.0. The number of aromatic nitrogens is 1. The molecule has 2 heterocycles. The van der Waals surface area contributed by atoms with E-state index in [1.807, 2.05) is 0 Å². The minimum absolute atomic E-state index is 0.141. The van der Waals surface area contributed by atoms with Crippen molar-refractivity contribution in [3.8, 4) is 0 Å². The molecule has 0 aliphatic carbocycles. The van der Waals surface area contributed by atoms with Crippen molar-refractivity contribution >= 4 is 11.3 Å². The van der Waals surface area contributed by atoms with Gasteiger partial charge in [-0.2, -0.15) is 0 Å². The Morgan fingerprint density at radius 2 is 2.43 bits per heavy atom. The molecule has 0 atom stereocenters. The molecular weight excluding hydrogens is 198 g/mol. The highest BCUT2D eigenvalue weighted by atomic mass is 32.1. The van der Waals surface area contributed by atoms with E-state index in [0.717, 1.165) is 18.5 Å². The molecule has 0 aromatic carbocycles. The quantitative estimate of drug-likeness (QED) is 0.821. The van der Waals surface area contributed by atoms with Gasteiger partial charge in [-0.1, -0.05) is 6.92 Å². The Labute approximate surface area is 87.7 Å². The van der Waals surface area contributed by atoms with Crippen LogP contribution in [0.1, 0.15) is 24.0 Å². The topological polar surface area (TPSA) is 42.4 Å². The molecule has 0 saturated carbocycles. The first kappa shape index (κ1) is 10.1. The summed E-state index contributed by atoms with van der Waals surface area (Å²) in [5.74, 6) is 0. The summed E-state index contributed by atoms with van der Waals surface area (Å²) in [4.78, 5) is 4.54. The molecule has 0 radical (unpaired) electrons. The Kier molecular flexibility index (Phi) is 2.85. The van der Waals surface area contributed by atoms with Gasteiger partial charge in [-0.15, -0.1) is 11.3 Å². The largest absolute Gasteiger partial charge is 0.395 e. The van der Waals surface area contributed by atoms with Crippen LogP contribution < -0.4 is 0 Å². The summed E-state index contributed by atoms with van der Waals surface area (Å²) >= 11 is 1.69. The molecular formula is C10H15NO2S. The van der Waals surface area contributed by atoms with E-state index in [2.05, 4.69) is 17.3 Å². The zero-order valence-electron chi connectivity index (χ0n) is 8.32. The first-order valence-corrected chi connectivity index (χ1v) is 5.82. The third-order valence-corrected chi connectivity index (χ3v) is 3.53. The van der Waals surface area contributed by atoms with Gasteiger partial charge < -0.3 is 9.84 Å². The lowest BCUT2D eigenvalue weighted by Crippen LogP contribution is -2.50. The van der Waals surface area contributed by atoms with Gasteiger partial charge in [0.15, 0.2) is 0 Å². The van der Waals surface area contributed by atoms with E-state index in [1.165, 1.54) is 5.01 Å². The number of hydrogen-bond donors (Lipinski definition) is 1. The van der Waals surface area contributed by atoms with E-state index >= 15 is 0 Å². The van der Waals surface area contributed by atoms with E-state index in [4.69, 9.17) is 4.74 Å². The number of thiazole rings is 1. The molecule has 4 heteroatoms. The minimum Gasteiger partial charge on any atom is -0.395 e. The molecule has 0 amide bonds. The third kappa shape index (κ3) is 1.58. The van der Waals surface area contributed by atoms with Crippen LogP contribution in [0.15, 0.2) is 5.38 Å². The molecule has 1 aliphatic heterocycles. The normalized spacial score (nSPS) is 19.3. The highest BCUT2D eigenvalue weighted by molar-refractivity contribution is 7.09. The van der Waals surface area contributed by atoms with Crippen molar-refractivity contribution in [3.05, 3.63) is 16.1 Å². The Hall–Kier alpha value is -0.450. The molecule has 2 rings (SSSR count). The highest BCUT2D eigenvalue weighted by Crippen LogP contribution is 2.32. The average Bonchev–Trinajstić information content (AvgIpc) is 2.54. The molecule has 14 heavy (non-hydrogen) atoms. The summed E-state index contributed by atoms with van der Waals surface area (Å²) in [6.07, 6.45) is 2.16. The van der Waals surface area contributed by atoms with Gasteiger partial charge in [0, 0.05) is 5.38 Å². The highest BCUT2D eigenvalue weighted by Gasteiger charge is 2.41. The molecule has 3 nitrogen and oxygen atoms in total. The number of aliphatic hydroxyl groups is 1. The SMILES string of the molecule is CCCc1nc(C2(CO)COC2)cs1. The van der Waals surface area contributed by atoms with Gasteiger partial charge in [0.2, 0.25) is 0 Å². The summed E-state index contributed by atoms with van der Waals surface area (Å²) in [7, 11) is 0. The van der Waals surface area contributed by atoms with Crippen molar-refractivity contribution in [1.82, 2.24) is 4.98 Å². The molecule has 1 N–H and O–H groups in total. The van der Waals surface area contributed by atoms with Gasteiger partial charge in [0.05, 0.1) is 35.9 Å². The lowest BCUT2D eigenvalue weighted by Gasteiger charge is -2.38. The standard InChI is InChI=1S/C10H15NO2S/c1-2-3-9-11-8(4-14-9)10(5-12)6-13-7-10/h4,12H,2-3,5-7H2,1H3. The summed E-state index contributed by atoms with van der Waals surface area (Å²) in [6.45, 7) is 3.51. The number of aryl methyl sites for hydroxylation is 1. The van der Waals surface area contributed by atoms with E-state index in [-0.39, 0.29) is 12.0 Å². The Balaban J connectivity index is 2.15. The maximum absolute atomic E-state index is 9.31. The fourth-order valence-corrected chi connectivity index (χ4v) is 2.58. The van der Waals surface area contributed by atoms with Crippen molar-refractivity contribution in [2.45, 2.75) is 25.2 Å². The molecule has 0 spiro atoms.